The van der Waals surface area contributed by atoms with Gasteiger partial charge >= 0.3 is 0 Å². The van der Waals surface area contributed by atoms with Crippen LogP contribution in [0, 0.1) is 0 Å². The molecule has 0 saturated carbocycles. The second kappa shape index (κ2) is 3.94. The standard InChI is InChI=1S/C9H7ClO/c10-9(11)7-6-8-4-2-1-3-5-8/h1-7H/b7-6+/i6D,7D. The molecule has 0 bridgehead atoms. The number of halogens is 1. The van der Waals surface area contributed by atoms with Crippen LogP contribution in [-0.2, 0) is 4.79 Å². The topological polar surface area (TPSA) is 17.1 Å². The fraction of sp³-hybridized carbons (Fsp3) is 0. The van der Waals surface area contributed by atoms with Gasteiger partial charge in [-0.25, -0.2) is 0 Å². The van der Waals surface area contributed by atoms with Crippen molar-refractivity contribution in [3.63, 3.8) is 0 Å². The second-order valence-electron chi connectivity index (χ2n) is 1.89. The Hall–Kier alpha value is -1.08. The molecular formula is C9H7ClO. The molecule has 0 spiro atoms. The summed E-state index contributed by atoms with van der Waals surface area (Å²) in [5, 5.41) is -0.908. The van der Waals surface area contributed by atoms with Gasteiger partial charge in [-0.15, -0.1) is 0 Å². The Labute approximate surface area is 73.1 Å². The zero-order valence-corrected chi connectivity index (χ0v) is 6.43. The number of benzene rings is 1. The lowest BCUT2D eigenvalue weighted by atomic mass is 10.2. The third kappa shape index (κ3) is 3.01. The number of hydrogen-bond acceptors (Lipinski definition) is 1. The summed E-state index contributed by atoms with van der Waals surface area (Å²) < 4.78 is 14.6. The van der Waals surface area contributed by atoms with Gasteiger partial charge in [-0.2, -0.15) is 0 Å². The molecule has 0 unspecified atom stereocenters. The zero-order valence-electron chi connectivity index (χ0n) is 7.67. The monoisotopic (exact) mass is 168 g/mol. The van der Waals surface area contributed by atoms with E-state index in [0.29, 0.717) is 5.56 Å². The second-order valence-corrected chi connectivity index (χ2v) is 2.23. The number of carbonyl (C=O) groups is 1. The van der Waals surface area contributed by atoms with Gasteiger partial charge in [0, 0.05) is 0 Å². The van der Waals surface area contributed by atoms with Crippen LogP contribution in [0.25, 0.3) is 6.05 Å². The van der Waals surface area contributed by atoms with E-state index in [1.807, 2.05) is 0 Å². The van der Waals surface area contributed by atoms with Gasteiger partial charge in [0.05, 0.1) is 2.74 Å². The van der Waals surface area contributed by atoms with E-state index in [-0.39, 0.29) is 6.05 Å². The fourth-order valence-corrected chi connectivity index (χ4v) is 0.690. The molecule has 0 radical (unpaired) electrons. The van der Waals surface area contributed by atoms with Crippen molar-refractivity contribution < 1.29 is 7.54 Å². The summed E-state index contributed by atoms with van der Waals surface area (Å²) in [6, 6.07) is 7.93. The van der Waals surface area contributed by atoms with Crippen molar-refractivity contribution in [2.45, 2.75) is 0 Å². The highest BCUT2D eigenvalue weighted by Crippen LogP contribution is 2.01. The highest BCUT2D eigenvalue weighted by molar-refractivity contribution is 6.66. The average Bonchev–Trinajstić information content (AvgIpc) is 2.17. The summed E-state index contributed by atoms with van der Waals surface area (Å²) in [6.45, 7) is 0. The molecule has 0 aliphatic heterocycles. The Morgan fingerprint density at radius 3 is 2.64 bits per heavy atom. The Morgan fingerprint density at radius 1 is 1.45 bits per heavy atom. The lowest BCUT2D eigenvalue weighted by molar-refractivity contribution is -0.107. The molecule has 1 aromatic rings. The highest BCUT2D eigenvalue weighted by atomic mass is 35.5. The Morgan fingerprint density at radius 2 is 2.09 bits per heavy atom. The Kier molecular flexibility index (Phi) is 1.99. The first-order valence-corrected chi connectivity index (χ1v) is 3.43. The van der Waals surface area contributed by atoms with Gasteiger partial charge in [0.25, 0.3) is 0 Å². The molecule has 11 heavy (non-hydrogen) atoms. The summed E-state index contributed by atoms with van der Waals surface area (Å²) >= 11 is 5.07. The van der Waals surface area contributed by atoms with Crippen LogP contribution in [0.15, 0.2) is 36.4 Å². The largest absolute Gasteiger partial charge is 0.276 e. The molecule has 0 atom stereocenters. The molecule has 1 aromatic carbocycles. The van der Waals surface area contributed by atoms with Crippen molar-refractivity contribution in [2.75, 3.05) is 0 Å². The minimum Gasteiger partial charge on any atom is -0.276 e. The lowest BCUT2D eigenvalue weighted by Gasteiger charge is -1.87. The fourth-order valence-electron chi connectivity index (χ4n) is 0.643. The van der Waals surface area contributed by atoms with Gasteiger partial charge in [0.15, 0.2) is 0 Å². The molecule has 1 nitrogen and oxygen atoms in total. The predicted molar refractivity (Wildman–Crippen MR) is 46.3 cm³/mol. The van der Waals surface area contributed by atoms with Crippen LogP contribution in [0.1, 0.15) is 8.30 Å². The molecule has 0 aromatic heterocycles. The molecule has 2 heteroatoms. The summed E-state index contributed by atoms with van der Waals surface area (Å²) in [7, 11) is 0. The summed E-state index contributed by atoms with van der Waals surface area (Å²) in [6.07, 6.45) is 0. The van der Waals surface area contributed by atoms with Crippen molar-refractivity contribution in [1.82, 2.24) is 0 Å². The van der Waals surface area contributed by atoms with Gasteiger partial charge in [-0.1, -0.05) is 36.4 Å². The third-order valence-corrected chi connectivity index (χ3v) is 1.17. The molecule has 0 N–H and O–H groups in total. The predicted octanol–water partition coefficient (Wildman–Crippen LogP) is 2.47. The third-order valence-electron chi connectivity index (χ3n) is 1.08. The summed E-state index contributed by atoms with van der Waals surface area (Å²) in [4.78, 5) is 10.6. The maximum atomic E-state index is 10.6. The van der Waals surface area contributed by atoms with Crippen molar-refractivity contribution in [3.05, 3.63) is 41.9 Å². The van der Waals surface area contributed by atoms with Crippen LogP contribution >= 0.6 is 11.6 Å². The van der Waals surface area contributed by atoms with Crippen LogP contribution in [0.3, 0.4) is 0 Å². The summed E-state index contributed by atoms with van der Waals surface area (Å²) in [5.41, 5.74) is 0.515. The number of allylic oxidation sites excluding steroid dienone is 1. The zero-order chi connectivity index (χ0) is 9.84. The van der Waals surface area contributed by atoms with Crippen molar-refractivity contribution in [1.29, 1.82) is 0 Å². The molecule has 0 aliphatic carbocycles. The van der Waals surface area contributed by atoms with E-state index in [4.69, 9.17) is 14.3 Å². The molecule has 0 aliphatic rings. The van der Waals surface area contributed by atoms with Crippen molar-refractivity contribution in [2.24, 2.45) is 0 Å². The molecule has 56 valence electrons. The van der Waals surface area contributed by atoms with Crippen molar-refractivity contribution >= 4 is 22.9 Å². The van der Waals surface area contributed by atoms with Gasteiger partial charge in [-0.05, 0) is 23.2 Å². The lowest BCUT2D eigenvalue weighted by Crippen LogP contribution is -1.75. The van der Waals surface area contributed by atoms with Crippen LogP contribution < -0.4 is 0 Å². The SMILES string of the molecule is [2H]/C(C(=O)Cl)=C(/[2H])c1ccccc1. The van der Waals surface area contributed by atoms with Gasteiger partial charge in [-0.3, -0.25) is 4.79 Å². The van der Waals surface area contributed by atoms with E-state index in [2.05, 4.69) is 0 Å². The number of rotatable bonds is 2. The minimum absolute atomic E-state index is 0.152. The van der Waals surface area contributed by atoms with E-state index < -0.39 is 11.3 Å². The van der Waals surface area contributed by atoms with E-state index in [0.717, 1.165) is 0 Å². The quantitative estimate of drug-likeness (QED) is 0.490. The normalized spacial score (nSPS) is 14.6. The molecule has 0 fully saturated rings. The number of carbonyl (C=O) groups excluding carboxylic acids is 1. The maximum absolute atomic E-state index is 10.6. The highest BCUT2D eigenvalue weighted by Gasteiger charge is 1.85. The smallest absolute Gasteiger partial charge is 0.245 e. The first-order chi connectivity index (χ1) is 6.13. The van der Waals surface area contributed by atoms with E-state index in [9.17, 15) is 4.79 Å². The first kappa shape index (κ1) is 5.56. The van der Waals surface area contributed by atoms with E-state index in [1.54, 1.807) is 30.3 Å². The van der Waals surface area contributed by atoms with E-state index in [1.165, 1.54) is 0 Å². The van der Waals surface area contributed by atoms with Gasteiger partial charge < -0.3 is 0 Å². The average molecular weight is 169 g/mol. The Balaban J connectivity index is 3.11. The minimum atomic E-state index is -0.908. The van der Waals surface area contributed by atoms with Crippen LogP contribution in [-0.4, -0.2) is 5.24 Å². The van der Waals surface area contributed by atoms with Crippen LogP contribution in [0.5, 0.6) is 0 Å². The van der Waals surface area contributed by atoms with Crippen molar-refractivity contribution in [3.8, 4) is 0 Å². The Bertz CT molecular complexity index is 346. The first-order valence-electron chi connectivity index (χ1n) is 4.05. The molecule has 0 saturated heterocycles. The molecular weight excluding hydrogens is 160 g/mol. The van der Waals surface area contributed by atoms with Gasteiger partial charge in [0.2, 0.25) is 5.24 Å². The molecule has 0 heterocycles. The van der Waals surface area contributed by atoms with E-state index >= 15 is 0 Å². The van der Waals surface area contributed by atoms with Crippen LogP contribution in [0.2, 0.25) is 0 Å². The molecule has 0 amide bonds. The molecule has 1 rings (SSSR count). The summed E-state index contributed by atoms with van der Waals surface area (Å²) in [5.74, 6) is 0. The number of hydrogen-bond donors (Lipinski definition) is 0. The van der Waals surface area contributed by atoms with Crippen LogP contribution in [0.4, 0.5) is 0 Å². The maximum Gasteiger partial charge on any atom is 0.245 e. The van der Waals surface area contributed by atoms with Gasteiger partial charge in [0.1, 0.15) is 0 Å².